The fraction of sp³-hybridized carbons (Fsp3) is 0.300. The first-order chi connectivity index (χ1) is 13.0. The van der Waals surface area contributed by atoms with Crippen LogP contribution in [0.2, 0.25) is 0 Å². The Morgan fingerprint density at radius 1 is 1.26 bits per heavy atom. The number of hydrazone groups is 1. The van der Waals surface area contributed by atoms with Gasteiger partial charge >= 0.3 is 0 Å². The molecule has 0 radical (unpaired) electrons. The fourth-order valence-corrected chi connectivity index (χ4v) is 4.02. The Morgan fingerprint density at radius 2 is 2.00 bits per heavy atom. The molecule has 7 heteroatoms. The summed E-state index contributed by atoms with van der Waals surface area (Å²) in [5, 5.41) is 17.1. The van der Waals surface area contributed by atoms with Gasteiger partial charge in [0.2, 0.25) is 5.91 Å². The molecule has 0 saturated carbocycles. The highest BCUT2D eigenvalue weighted by Gasteiger charge is 2.43. The maximum Gasteiger partial charge on any atom is 0.269 e. The van der Waals surface area contributed by atoms with Crippen LogP contribution in [0.5, 0.6) is 5.75 Å². The Hall–Kier alpha value is -3.22. The molecule has 2 aliphatic rings. The van der Waals surface area contributed by atoms with Gasteiger partial charge in [-0.15, -0.1) is 0 Å². The molecule has 27 heavy (non-hydrogen) atoms. The molecule has 138 valence electrons. The zero-order valence-corrected chi connectivity index (χ0v) is 15.1. The normalized spacial score (nSPS) is 20.5. The van der Waals surface area contributed by atoms with Crippen molar-refractivity contribution in [2.45, 2.75) is 25.8 Å². The molecule has 4 rings (SSSR count). The highest BCUT2D eigenvalue weighted by Crippen LogP contribution is 2.44. The number of amides is 1. The molecular formula is C20H19N3O4. The molecule has 0 fully saturated rings. The number of carbonyl (C=O) groups excluding carboxylic acids is 1. The zero-order chi connectivity index (χ0) is 19.1. The van der Waals surface area contributed by atoms with E-state index in [1.54, 1.807) is 19.2 Å². The number of fused-ring (bicyclic) bond motifs is 3. The van der Waals surface area contributed by atoms with E-state index < -0.39 is 4.92 Å². The number of nitrogens with zero attached hydrogens (tertiary/aromatic N) is 3. The van der Waals surface area contributed by atoms with E-state index in [0.29, 0.717) is 0 Å². The highest BCUT2D eigenvalue weighted by atomic mass is 16.6. The zero-order valence-electron chi connectivity index (χ0n) is 15.1. The summed E-state index contributed by atoms with van der Waals surface area (Å²) in [6.45, 7) is 1.49. The number of rotatable bonds is 3. The van der Waals surface area contributed by atoms with Crippen molar-refractivity contribution in [3.8, 4) is 5.75 Å². The Morgan fingerprint density at radius 3 is 2.63 bits per heavy atom. The number of methoxy groups -OCH3 is 1. The third kappa shape index (κ3) is 2.85. The third-order valence-corrected chi connectivity index (χ3v) is 5.29. The summed E-state index contributed by atoms with van der Waals surface area (Å²) in [4.78, 5) is 22.8. The van der Waals surface area contributed by atoms with Gasteiger partial charge in [0, 0.05) is 30.5 Å². The van der Waals surface area contributed by atoms with Crippen LogP contribution in [0.4, 0.5) is 5.69 Å². The topological polar surface area (TPSA) is 85.0 Å². The molecule has 0 N–H and O–H groups in total. The van der Waals surface area contributed by atoms with Gasteiger partial charge in [-0.25, -0.2) is 5.01 Å². The number of ether oxygens (including phenoxy) is 1. The lowest BCUT2D eigenvalue weighted by molar-refractivity contribution is -0.384. The van der Waals surface area contributed by atoms with Gasteiger partial charge in [-0.3, -0.25) is 14.9 Å². The van der Waals surface area contributed by atoms with Gasteiger partial charge in [-0.1, -0.05) is 12.1 Å². The molecular weight excluding hydrogens is 346 g/mol. The molecule has 1 amide bonds. The molecule has 0 aromatic heterocycles. The largest absolute Gasteiger partial charge is 0.497 e. The Balaban J connectivity index is 1.74. The van der Waals surface area contributed by atoms with Crippen molar-refractivity contribution in [1.29, 1.82) is 0 Å². The summed E-state index contributed by atoms with van der Waals surface area (Å²) < 4.78 is 5.31. The first-order valence-corrected chi connectivity index (χ1v) is 8.79. The van der Waals surface area contributed by atoms with Crippen LogP contribution in [0.3, 0.4) is 0 Å². The SMILES string of the molecule is COc1ccc2c(c1)CC[C@@H]1C2=NN(C(C)=O)[C@H]1c1ccc([N+](=O)[O-])cc1. The highest BCUT2D eigenvalue weighted by molar-refractivity contribution is 6.06. The Kier molecular flexibility index (Phi) is 4.14. The second kappa shape index (κ2) is 6.50. The minimum atomic E-state index is -0.423. The standard InChI is InChI=1S/C20H19N3O4/c1-12(24)22-20(13-3-6-15(7-4-13)23(25)26)18-9-5-14-11-16(27-2)8-10-17(14)19(18)21-22/h3-4,6-8,10-11,18,20H,5,9H2,1-2H3/t18-,20+/m1/s1. The van der Waals surface area contributed by atoms with Gasteiger partial charge in [0.05, 0.1) is 23.8 Å². The van der Waals surface area contributed by atoms with Crippen LogP contribution >= 0.6 is 0 Å². The van der Waals surface area contributed by atoms with Crippen LogP contribution in [0, 0.1) is 16.0 Å². The predicted octanol–water partition coefficient (Wildman–Crippen LogP) is 3.47. The van der Waals surface area contributed by atoms with Crippen molar-refractivity contribution in [2.24, 2.45) is 11.0 Å². The fourth-order valence-electron chi connectivity index (χ4n) is 4.02. The van der Waals surface area contributed by atoms with E-state index in [0.717, 1.165) is 41.0 Å². The summed E-state index contributed by atoms with van der Waals surface area (Å²) in [6.07, 6.45) is 1.72. The van der Waals surface area contributed by atoms with Gasteiger partial charge in [0.1, 0.15) is 5.75 Å². The lowest BCUT2D eigenvalue weighted by atomic mass is 9.77. The maximum absolute atomic E-state index is 12.3. The molecule has 0 spiro atoms. The molecule has 1 heterocycles. The van der Waals surface area contributed by atoms with Gasteiger partial charge in [0.25, 0.3) is 5.69 Å². The lowest BCUT2D eigenvalue weighted by Crippen LogP contribution is -2.31. The van der Waals surface area contributed by atoms with E-state index in [2.05, 4.69) is 5.10 Å². The number of nitro groups is 1. The monoisotopic (exact) mass is 365 g/mol. The molecule has 2 aromatic carbocycles. The minimum absolute atomic E-state index is 0.0355. The molecule has 0 bridgehead atoms. The molecule has 2 atom stereocenters. The number of nitro benzene ring substituents is 1. The number of benzene rings is 2. The van der Waals surface area contributed by atoms with Crippen LogP contribution < -0.4 is 4.74 Å². The van der Waals surface area contributed by atoms with E-state index in [9.17, 15) is 14.9 Å². The first-order valence-electron chi connectivity index (χ1n) is 8.79. The average Bonchev–Trinajstić information content (AvgIpc) is 3.07. The van der Waals surface area contributed by atoms with Crippen molar-refractivity contribution in [2.75, 3.05) is 7.11 Å². The van der Waals surface area contributed by atoms with Gasteiger partial charge in [0.15, 0.2) is 0 Å². The number of hydrogen-bond donors (Lipinski definition) is 0. The van der Waals surface area contributed by atoms with E-state index in [-0.39, 0.29) is 23.6 Å². The number of hydrogen-bond acceptors (Lipinski definition) is 5. The second-order valence-corrected chi connectivity index (χ2v) is 6.81. The van der Waals surface area contributed by atoms with Crippen LogP contribution in [-0.2, 0) is 11.2 Å². The maximum atomic E-state index is 12.3. The summed E-state index contributed by atoms with van der Waals surface area (Å²) >= 11 is 0. The molecule has 1 aliphatic heterocycles. The van der Waals surface area contributed by atoms with Crippen LogP contribution in [0.25, 0.3) is 0 Å². The number of non-ortho nitro benzene ring substituents is 1. The summed E-state index contributed by atoms with van der Waals surface area (Å²) in [6, 6.07) is 12.1. The summed E-state index contributed by atoms with van der Waals surface area (Å²) in [5.74, 6) is 0.729. The Labute approximate surface area is 156 Å². The minimum Gasteiger partial charge on any atom is -0.497 e. The van der Waals surface area contributed by atoms with E-state index in [1.165, 1.54) is 24.1 Å². The van der Waals surface area contributed by atoms with Crippen molar-refractivity contribution >= 4 is 17.3 Å². The smallest absolute Gasteiger partial charge is 0.269 e. The Bertz CT molecular complexity index is 952. The molecule has 1 aliphatic carbocycles. The lowest BCUT2D eigenvalue weighted by Gasteiger charge is -2.29. The van der Waals surface area contributed by atoms with Gasteiger partial charge < -0.3 is 4.74 Å². The van der Waals surface area contributed by atoms with Crippen LogP contribution in [0.1, 0.15) is 36.1 Å². The predicted molar refractivity (Wildman–Crippen MR) is 99.7 cm³/mol. The quantitative estimate of drug-likeness (QED) is 0.616. The average molecular weight is 365 g/mol. The van der Waals surface area contributed by atoms with Gasteiger partial charge in [-0.2, -0.15) is 5.10 Å². The third-order valence-electron chi connectivity index (χ3n) is 5.29. The van der Waals surface area contributed by atoms with E-state index >= 15 is 0 Å². The number of carbonyl (C=O) groups is 1. The van der Waals surface area contributed by atoms with E-state index in [4.69, 9.17) is 4.74 Å². The molecule has 0 unspecified atom stereocenters. The van der Waals surface area contributed by atoms with Crippen molar-refractivity contribution in [1.82, 2.24) is 5.01 Å². The van der Waals surface area contributed by atoms with Crippen molar-refractivity contribution in [3.63, 3.8) is 0 Å². The van der Waals surface area contributed by atoms with Gasteiger partial charge in [-0.05, 0) is 42.2 Å². The number of aryl methyl sites for hydroxylation is 1. The van der Waals surface area contributed by atoms with Crippen molar-refractivity contribution in [3.05, 3.63) is 69.3 Å². The van der Waals surface area contributed by atoms with Crippen molar-refractivity contribution < 1.29 is 14.5 Å². The summed E-state index contributed by atoms with van der Waals surface area (Å²) in [7, 11) is 1.64. The second-order valence-electron chi connectivity index (χ2n) is 6.81. The first kappa shape index (κ1) is 17.2. The van der Waals surface area contributed by atoms with Crippen LogP contribution in [0.15, 0.2) is 47.6 Å². The molecule has 7 nitrogen and oxygen atoms in total. The summed E-state index contributed by atoms with van der Waals surface area (Å²) in [5.41, 5.74) is 4.00. The molecule has 0 saturated heterocycles. The molecule has 2 aromatic rings. The van der Waals surface area contributed by atoms with Crippen LogP contribution in [-0.4, -0.2) is 28.7 Å². The van der Waals surface area contributed by atoms with E-state index in [1.807, 2.05) is 18.2 Å².